The molecule has 1 aliphatic carbocycles. The molecule has 35 heavy (non-hydrogen) atoms. The summed E-state index contributed by atoms with van der Waals surface area (Å²) in [5.41, 5.74) is 1.32. The van der Waals surface area contributed by atoms with Crippen LogP contribution in [0.15, 0.2) is 48.5 Å². The van der Waals surface area contributed by atoms with E-state index in [0.29, 0.717) is 24.9 Å². The van der Waals surface area contributed by atoms with E-state index in [1.165, 1.54) is 5.56 Å². The lowest BCUT2D eigenvalue weighted by Gasteiger charge is -2.29. The highest BCUT2D eigenvalue weighted by Crippen LogP contribution is 2.35. The Morgan fingerprint density at radius 3 is 1.89 bits per heavy atom. The average molecular weight is 483 g/mol. The van der Waals surface area contributed by atoms with Gasteiger partial charge in [0.2, 0.25) is 0 Å². The first-order chi connectivity index (χ1) is 17.1. The smallest absolute Gasteiger partial charge is 0.309 e. The first-order valence-electron chi connectivity index (χ1n) is 12.7. The molecule has 3 unspecified atom stereocenters. The molecule has 0 spiro atoms. The molecule has 1 saturated carbocycles. The van der Waals surface area contributed by atoms with Crippen LogP contribution in [0, 0.1) is 0 Å². The van der Waals surface area contributed by atoms with Crippen molar-refractivity contribution in [1.82, 2.24) is 0 Å². The van der Waals surface area contributed by atoms with Crippen molar-refractivity contribution in [3.05, 3.63) is 54.1 Å². The number of benzene rings is 2. The third kappa shape index (κ3) is 7.61. The summed E-state index contributed by atoms with van der Waals surface area (Å²) in [4.78, 5) is 12.5. The molecule has 0 amide bonds. The number of hydrogen-bond acceptors (Lipinski definition) is 7. The minimum Gasteiger partial charge on any atom is -0.491 e. The molecule has 2 aromatic rings. The van der Waals surface area contributed by atoms with Crippen molar-refractivity contribution in [2.75, 3.05) is 26.4 Å². The predicted molar refractivity (Wildman–Crippen MR) is 129 cm³/mol. The molecule has 7 nitrogen and oxygen atoms in total. The van der Waals surface area contributed by atoms with E-state index in [2.05, 4.69) is 12.1 Å². The van der Waals surface area contributed by atoms with Crippen molar-refractivity contribution < 1.29 is 33.2 Å². The Morgan fingerprint density at radius 1 is 0.829 bits per heavy atom. The maximum absolute atomic E-state index is 12.5. The molecule has 0 aromatic heterocycles. The van der Waals surface area contributed by atoms with E-state index < -0.39 is 0 Å². The van der Waals surface area contributed by atoms with E-state index in [9.17, 15) is 4.79 Å². The van der Waals surface area contributed by atoms with E-state index in [1.54, 1.807) is 0 Å². The van der Waals surface area contributed by atoms with Gasteiger partial charge in [0.1, 0.15) is 54.9 Å². The summed E-state index contributed by atoms with van der Waals surface area (Å²) in [7, 11) is 0. The average Bonchev–Trinajstić information content (AvgIpc) is 3.79. The molecule has 7 heteroatoms. The first-order valence-corrected chi connectivity index (χ1v) is 12.7. The molecule has 3 atom stereocenters. The minimum atomic E-state index is -0.266. The number of carbonyl (C=O) groups is 1. The van der Waals surface area contributed by atoms with Crippen molar-refractivity contribution in [3.63, 3.8) is 0 Å². The van der Waals surface area contributed by atoms with Crippen molar-refractivity contribution in [2.45, 2.75) is 69.4 Å². The zero-order valence-electron chi connectivity index (χ0n) is 20.2. The summed E-state index contributed by atoms with van der Waals surface area (Å²) in [5, 5.41) is 0. The van der Waals surface area contributed by atoms with Crippen molar-refractivity contribution in [3.8, 4) is 17.2 Å². The number of esters is 1. The Morgan fingerprint density at radius 2 is 1.34 bits per heavy atom. The molecule has 2 aromatic carbocycles. The second-order valence-electron chi connectivity index (χ2n) is 9.67. The lowest BCUT2D eigenvalue weighted by Crippen LogP contribution is -2.26. The molecule has 0 N–H and O–H groups in total. The Bertz CT molecular complexity index is 942. The molecule has 2 heterocycles. The van der Waals surface area contributed by atoms with Crippen LogP contribution in [-0.2, 0) is 19.0 Å². The van der Waals surface area contributed by atoms with Gasteiger partial charge in [-0.25, -0.2) is 0 Å². The van der Waals surface area contributed by atoms with Gasteiger partial charge in [-0.1, -0.05) is 12.1 Å². The van der Waals surface area contributed by atoms with Crippen molar-refractivity contribution >= 4 is 5.97 Å². The normalized spacial score (nSPS) is 25.9. The van der Waals surface area contributed by atoms with Gasteiger partial charge in [0, 0.05) is 0 Å². The van der Waals surface area contributed by atoms with Crippen LogP contribution in [0.5, 0.6) is 17.2 Å². The quantitative estimate of drug-likeness (QED) is 0.321. The zero-order chi connectivity index (χ0) is 24.0. The van der Waals surface area contributed by atoms with E-state index in [0.717, 1.165) is 50.4 Å². The van der Waals surface area contributed by atoms with Crippen LogP contribution in [0.4, 0.5) is 0 Å². The molecule has 2 aliphatic heterocycles. The van der Waals surface area contributed by atoms with E-state index >= 15 is 0 Å². The van der Waals surface area contributed by atoms with Crippen molar-refractivity contribution in [2.24, 2.45) is 0 Å². The SMILES string of the molecule is CC(CC(=O)OC1CCC(c2ccc(OCC3CO3)cc2)CC1)Oc1ccc(OCC2CO2)cc1. The number of rotatable bonds is 12. The molecule has 0 bridgehead atoms. The van der Waals surface area contributed by atoms with Gasteiger partial charge in [-0.05, 0) is 80.5 Å². The third-order valence-corrected chi connectivity index (χ3v) is 6.62. The predicted octanol–water partition coefficient (Wildman–Crippen LogP) is 4.67. The maximum atomic E-state index is 12.5. The van der Waals surface area contributed by atoms with Gasteiger partial charge in [-0.2, -0.15) is 0 Å². The van der Waals surface area contributed by atoms with Crippen LogP contribution in [0.3, 0.4) is 0 Å². The zero-order valence-corrected chi connectivity index (χ0v) is 20.2. The Hall–Kier alpha value is -2.77. The van der Waals surface area contributed by atoms with Crippen LogP contribution in [0.2, 0.25) is 0 Å². The lowest BCUT2D eigenvalue weighted by molar-refractivity contribution is -0.152. The Labute approximate surface area is 206 Å². The molecule has 3 fully saturated rings. The monoisotopic (exact) mass is 482 g/mol. The lowest BCUT2D eigenvalue weighted by atomic mass is 9.83. The highest BCUT2D eigenvalue weighted by molar-refractivity contribution is 5.70. The van der Waals surface area contributed by atoms with Gasteiger partial charge >= 0.3 is 5.97 Å². The van der Waals surface area contributed by atoms with Gasteiger partial charge in [-0.15, -0.1) is 0 Å². The fourth-order valence-corrected chi connectivity index (χ4v) is 4.41. The van der Waals surface area contributed by atoms with Gasteiger partial charge in [0.25, 0.3) is 0 Å². The summed E-state index contributed by atoms with van der Waals surface area (Å²) in [6, 6.07) is 15.8. The number of ether oxygens (including phenoxy) is 6. The van der Waals surface area contributed by atoms with Gasteiger partial charge in [-0.3, -0.25) is 4.79 Å². The minimum absolute atomic E-state index is 0.0148. The highest BCUT2D eigenvalue weighted by Gasteiger charge is 2.26. The van der Waals surface area contributed by atoms with E-state index in [1.807, 2.05) is 43.3 Å². The number of hydrogen-bond donors (Lipinski definition) is 0. The number of carbonyl (C=O) groups excluding carboxylic acids is 1. The molecule has 3 aliphatic rings. The van der Waals surface area contributed by atoms with Gasteiger partial charge in [0.05, 0.1) is 19.6 Å². The molecular formula is C28H34O7. The second-order valence-corrected chi connectivity index (χ2v) is 9.67. The first kappa shape index (κ1) is 23.9. The molecule has 2 saturated heterocycles. The Kier molecular flexibility index (Phi) is 7.74. The Balaban J connectivity index is 0.992. The topological polar surface area (TPSA) is 79.1 Å². The van der Waals surface area contributed by atoms with Crippen LogP contribution < -0.4 is 14.2 Å². The van der Waals surface area contributed by atoms with Gasteiger partial charge < -0.3 is 28.4 Å². The molecule has 5 rings (SSSR count). The van der Waals surface area contributed by atoms with Gasteiger partial charge in [0.15, 0.2) is 0 Å². The van der Waals surface area contributed by atoms with E-state index in [4.69, 9.17) is 28.4 Å². The summed E-state index contributed by atoms with van der Waals surface area (Å²) < 4.78 is 33.3. The van der Waals surface area contributed by atoms with Crippen LogP contribution >= 0.6 is 0 Å². The summed E-state index contributed by atoms with van der Waals surface area (Å²) in [6.45, 7) is 4.66. The third-order valence-electron chi connectivity index (χ3n) is 6.62. The highest BCUT2D eigenvalue weighted by atomic mass is 16.6. The fraction of sp³-hybridized carbons (Fsp3) is 0.536. The van der Waals surface area contributed by atoms with Crippen LogP contribution in [0.1, 0.15) is 50.5 Å². The molecule has 0 radical (unpaired) electrons. The standard InChI is InChI=1S/C28H34O7/c1-19(34-24-12-10-23(11-13-24)31-16-27-18-33-27)14-28(29)35-25-8-4-21(5-9-25)20-2-6-22(7-3-20)30-15-26-17-32-26/h2-3,6-7,10-13,19,21,25-27H,4-5,8-9,14-18H2,1H3. The summed E-state index contributed by atoms with van der Waals surface area (Å²) >= 11 is 0. The number of epoxide rings is 2. The largest absolute Gasteiger partial charge is 0.491 e. The summed E-state index contributed by atoms with van der Waals surface area (Å²) in [5.74, 6) is 2.67. The molecule has 188 valence electrons. The summed E-state index contributed by atoms with van der Waals surface area (Å²) in [6.07, 6.45) is 4.24. The second kappa shape index (κ2) is 11.3. The maximum Gasteiger partial charge on any atom is 0.309 e. The van der Waals surface area contributed by atoms with Crippen LogP contribution in [-0.4, -0.2) is 56.8 Å². The molecular weight excluding hydrogens is 448 g/mol. The fourth-order valence-electron chi connectivity index (χ4n) is 4.41. The van der Waals surface area contributed by atoms with Crippen LogP contribution in [0.25, 0.3) is 0 Å². The van der Waals surface area contributed by atoms with Crippen molar-refractivity contribution in [1.29, 1.82) is 0 Å². The van der Waals surface area contributed by atoms with E-state index in [-0.39, 0.29) is 36.8 Å².